The summed E-state index contributed by atoms with van der Waals surface area (Å²) < 4.78 is 0. The van der Waals surface area contributed by atoms with Gasteiger partial charge in [-0.25, -0.2) is 0 Å². The van der Waals surface area contributed by atoms with Gasteiger partial charge in [0.1, 0.15) is 11.4 Å². The summed E-state index contributed by atoms with van der Waals surface area (Å²) in [6.45, 7) is 0.839. The second-order valence-corrected chi connectivity index (χ2v) is 3.81. The summed E-state index contributed by atoms with van der Waals surface area (Å²) in [5.41, 5.74) is 2.32. The molecule has 0 aromatic heterocycles. The van der Waals surface area contributed by atoms with Gasteiger partial charge in [0.05, 0.1) is 6.54 Å². The van der Waals surface area contributed by atoms with E-state index in [0.717, 1.165) is 17.1 Å². The Hall–Kier alpha value is -1.80. The molecule has 2 nitrogen and oxygen atoms in total. The van der Waals surface area contributed by atoms with Gasteiger partial charge in [-0.1, -0.05) is 30.3 Å². The van der Waals surface area contributed by atoms with Crippen LogP contribution in [0.5, 0.6) is 5.75 Å². The minimum absolute atomic E-state index is 0.288. The first-order chi connectivity index (χ1) is 7.75. The minimum atomic E-state index is 0.288. The molecule has 0 aliphatic rings. The van der Waals surface area contributed by atoms with Crippen molar-refractivity contribution < 1.29 is 10.0 Å². The van der Waals surface area contributed by atoms with E-state index >= 15 is 0 Å². The van der Waals surface area contributed by atoms with Gasteiger partial charge in [-0.15, -0.1) is 7.05 Å². The maximum absolute atomic E-state index is 9.20. The molecule has 2 aromatic carbocycles. The molecule has 16 heavy (non-hydrogen) atoms. The number of aromatic hydroxyl groups is 1. The lowest BCUT2D eigenvalue weighted by Crippen LogP contribution is -3.00. The first kappa shape index (κ1) is 10.7. The van der Waals surface area contributed by atoms with Crippen LogP contribution in [0.4, 0.5) is 5.69 Å². The number of rotatable bonds is 3. The highest BCUT2D eigenvalue weighted by Gasteiger charge is 2.02. The number of hydrogen-bond acceptors (Lipinski definition) is 1. The Bertz CT molecular complexity index is 436. The summed E-state index contributed by atoms with van der Waals surface area (Å²) in [6.07, 6.45) is 0. The van der Waals surface area contributed by atoms with E-state index in [1.807, 2.05) is 30.3 Å². The van der Waals surface area contributed by atoms with E-state index in [0.29, 0.717) is 0 Å². The smallest absolute Gasteiger partial charge is 0.116 e. The molecular formula is C14H15NO. The van der Waals surface area contributed by atoms with Crippen LogP contribution < -0.4 is 4.90 Å². The fourth-order valence-electron chi connectivity index (χ4n) is 1.64. The standard InChI is InChI=1S/C14H15NO/c1-15(11-12-5-3-2-4-6-12)13-7-9-14(16)10-8-13/h2-10,15-16H,1,11H2. The second kappa shape index (κ2) is 4.81. The highest BCUT2D eigenvalue weighted by Crippen LogP contribution is 2.10. The van der Waals surface area contributed by atoms with Gasteiger partial charge in [0.15, 0.2) is 0 Å². The molecule has 2 rings (SSSR count). The minimum Gasteiger partial charge on any atom is -0.508 e. The summed E-state index contributed by atoms with van der Waals surface area (Å²) in [7, 11) is 4.07. The van der Waals surface area contributed by atoms with Crippen molar-refractivity contribution in [1.29, 1.82) is 0 Å². The van der Waals surface area contributed by atoms with Gasteiger partial charge in [0, 0.05) is 17.7 Å². The number of nitrogens with one attached hydrogen (secondary N) is 1. The molecule has 0 bridgehead atoms. The number of benzene rings is 2. The van der Waals surface area contributed by atoms with Crippen LogP contribution in [-0.2, 0) is 6.54 Å². The van der Waals surface area contributed by atoms with Crippen molar-refractivity contribution in [1.82, 2.24) is 0 Å². The van der Waals surface area contributed by atoms with Crippen LogP contribution in [-0.4, -0.2) is 5.11 Å². The van der Waals surface area contributed by atoms with Crippen molar-refractivity contribution in [2.75, 3.05) is 0 Å². The Kier molecular flexibility index (Phi) is 3.22. The van der Waals surface area contributed by atoms with Crippen LogP contribution >= 0.6 is 0 Å². The molecule has 2 N–H and O–H groups in total. The van der Waals surface area contributed by atoms with E-state index in [1.54, 1.807) is 12.1 Å². The molecule has 2 heteroatoms. The lowest BCUT2D eigenvalue weighted by Gasteiger charge is -2.20. The number of quaternary nitrogens is 1. The van der Waals surface area contributed by atoms with Crippen molar-refractivity contribution in [3.05, 3.63) is 67.2 Å². The first-order valence-corrected chi connectivity index (χ1v) is 5.27. The molecule has 0 aliphatic heterocycles. The van der Waals surface area contributed by atoms with Gasteiger partial charge in [-0.2, -0.15) is 0 Å². The van der Waals surface area contributed by atoms with Crippen molar-refractivity contribution in [3.8, 4) is 5.75 Å². The van der Waals surface area contributed by atoms with Gasteiger partial charge in [-0.05, 0) is 12.1 Å². The third-order valence-electron chi connectivity index (χ3n) is 2.54. The van der Waals surface area contributed by atoms with E-state index in [9.17, 15) is 5.11 Å². The van der Waals surface area contributed by atoms with E-state index in [4.69, 9.17) is 0 Å². The third-order valence-corrected chi connectivity index (χ3v) is 2.54. The zero-order chi connectivity index (χ0) is 11.4. The van der Waals surface area contributed by atoms with E-state index in [1.165, 1.54) is 5.56 Å². The fourth-order valence-corrected chi connectivity index (χ4v) is 1.64. The lowest BCUT2D eigenvalue weighted by atomic mass is 10.2. The monoisotopic (exact) mass is 213 g/mol. The molecule has 2 aromatic rings. The average Bonchev–Trinajstić information content (AvgIpc) is 2.31. The van der Waals surface area contributed by atoms with E-state index in [-0.39, 0.29) is 5.75 Å². The van der Waals surface area contributed by atoms with Gasteiger partial charge >= 0.3 is 0 Å². The van der Waals surface area contributed by atoms with Gasteiger partial charge in [0.2, 0.25) is 0 Å². The summed E-state index contributed by atoms with van der Waals surface area (Å²) >= 11 is 0. The van der Waals surface area contributed by atoms with Crippen LogP contribution in [0.2, 0.25) is 0 Å². The van der Waals surface area contributed by atoms with Gasteiger partial charge in [0.25, 0.3) is 0 Å². The molecule has 0 aliphatic carbocycles. The Labute approximate surface area is 95.8 Å². The molecule has 1 atom stereocenters. The topological polar surface area (TPSA) is 24.7 Å². The highest BCUT2D eigenvalue weighted by atomic mass is 16.3. The fraction of sp³-hybridized carbons (Fsp3) is 0.0714. The quantitative estimate of drug-likeness (QED) is 0.590. The van der Waals surface area contributed by atoms with Gasteiger partial charge < -0.3 is 10.0 Å². The van der Waals surface area contributed by atoms with Crippen LogP contribution in [0.3, 0.4) is 0 Å². The number of phenols is 1. The van der Waals surface area contributed by atoms with Crippen LogP contribution in [0.15, 0.2) is 54.6 Å². The number of phenolic OH excluding ortho intramolecular Hbond substituents is 1. The van der Waals surface area contributed by atoms with Crippen molar-refractivity contribution in [3.63, 3.8) is 0 Å². The summed E-state index contributed by atoms with van der Waals surface area (Å²) in [5.74, 6) is 0.288. The zero-order valence-electron chi connectivity index (χ0n) is 9.06. The average molecular weight is 213 g/mol. The summed E-state index contributed by atoms with van der Waals surface area (Å²) in [6, 6.07) is 17.4. The molecule has 0 amide bonds. The molecule has 1 unspecified atom stereocenters. The second-order valence-electron chi connectivity index (χ2n) is 3.81. The predicted octanol–water partition coefficient (Wildman–Crippen LogP) is 1.90. The van der Waals surface area contributed by atoms with Crippen LogP contribution in [0.25, 0.3) is 0 Å². The number of hydrogen-bond donors (Lipinski definition) is 2. The molecule has 0 fully saturated rings. The van der Waals surface area contributed by atoms with Gasteiger partial charge in [-0.3, -0.25) is 0 Å². The Morgan fingerprint density at radius 1 is 0.938 bits per heavy atom. The maximum Gasteiger partial charge on any atom is 0.116 e. The molecule has 0 saturated heterocycles. The normalized spacial score (nSPS) is 12.3. The molecule has 0 spiro atoms. The summed E-state index contributed by atoms with van der Waals surface area (Å²) in [5, 5.41) is 9.20. The first-order valence-electron chi connectivity index (χ1n) is 5.27. The molecule has 0 saturated carbocycles. The molecule has 0 radical (unpaired) electrons. The molecule has 82 valence electrons. The van der Waals surface area contributed by atoms with Crippen molar-refractivity contribution in [2.24, 2.45) is 0 Å². The lowest BCUT2D eigenvalue weighted by molar-refractivity contribution is -0.797. The molecular weight excluding hydrogens is 198 g/mol. The highest BCUT2D eigenvalue weighted by molar-refractivity contribution is 5.35. The Morgan fingerprint density at radius 2 is 1.56 bits per heavy atom. The third kappa shape index (κ3) is 2.61. The van der Waals surface area contributed by atoms with Crippen LogP contribution in [0.1, 0.15) is 5.56 Å². The zero-order valence-corrected chi connectivity index (χ0v) is 9.06. The molecule has 0 heterocycles. The predicted molar refractivity (Wildman–Crippen MR) is 64.2 cm³/mol. The largest absolute Gasteiger partial charge is 0.508 e. The van der Waals surface area contributed by atoms with Crippen LogP contribution in [0, 0.1) is 7.05 Å². The van der Waals surface area contributed by atoms with E-state index < -0.39 is 0 Å². The SMILES string of the molecule is [CH2-][NH+](Cc1ccccc1)c1ccc(O)cc1. The Balaban J connectivity index is 2.09. The van der Waals surface area contributed by atoms with Crippen molar-refractivity contribution >= 4 is 5.69 Å². The summed E-state index contributed by atoms with van der Waals surface area (Å²) in [4.78, 5) is 1.06. The maximum atomic E-state index is 9.20. The Morgan fingerprint density at radius 3 is 2.19 bits per heavy atom. The van der Waals surface area contributed by atoms with E-state index in [2.05, 4.69) is 19.2 Å². The van der Waals surface area contributed by atoms with Crippen molar-refractivity contribution in [2.45, 2.75) is 6.54 Å².